The topological polar surface area (TPSA) is 100 Å². The lowest BCUT2D eigenvalue weighted by Crippen LogP contribution is -2.10. The summed E-state index contributed by atoms with van der Waals surface area (Å²) >= 11 is 9.07. The van der Waals surface area contributed by atoms with Gasteiger partial charge in [0.05, 0.1) is 16.7 Å². The van der Waals surface area contributed by atoms with E-state index in [1.165, 1.54) is 23.1 Å². The molecule has 6 aromatic rings. The Bertz CT molecular complexity index is 1680. The van der Waals surface area contributed by atoms with Gasteiger partial charge < -0.3 is 14.4 Å². The van der Waals surface area contributed by atoms with Gasteiger partial charge in [-0.15, -0.1) is 21.5 Å². The minimum atomic E-state index is -0.197. The van der Waals surface area contributed by atoms with Crippen LogP contribution in [-0.4, -0.2) is 25.1 Å². The summed E-state index contributed by atoms with van der Waals surface area (Å²) in [7, 11) is 0. The van der Waals surface area contributed by atoms with Gasteiger partial charge in [-0.1, -0.05) is 59.8 Å². The van der Waals surface area contributed by atoms with E-state index in [0.717, 1.165) is 27.6 Å². The minimum Gasteiger partial charge on any atom is -0.411 e. The molecule has 6 rings (SSSR count). The molecule has 0 fully saturated rings. The van der Waals surface area contributed by atoms with Crippen LogP contribution < -0.4 is 5.56 Å². The first-order valence-corrected chi connectivity index (χ1v) is 12.2. The number of nitrogens with zero attached hydrogens (tertiary/aromatic N) is 3. The molecular formula is C23H14ClN5O2S2. The molecule has 0 saturated heterocycles. The summed E-state index contributed by atoms with van der Waals surface area (Å²) in [6.07, 6.45) is 1.85. The molecule has 0 aliphatic carbocycles. The predicted molar refractivity (Wildman–Crippen MR) is 132 cm³/mol. The van der Waals surface area contributed by atoms with Crippen LogP contribution in [0.5, 0.6) is 0 Å². The van der Waals surface area contributed by atoms with Crippen molar-refractivity contribution in [2.45, 2.75) is 11.0 Å². The molecule has 0 saturated carbocycles. The largest absolute Gasteiger partial charge is 0.411 e. The SMILES string of the molecule is O=c1[nH]c(CSc2nnc(-c3c[nH]c4ccccc34)o2)nc2scc(-c3ccccc3Cl)c12. The number of aromatic nitrogens is 5. The average molecular weight is 492 g/mol. The number of para-hydroxylation sites is 1. The molecule has 0 radical (unpaired) electrons. The lowest BCUT2D eigenvalue weighted by Gasteiger charge is -2.03. The maximum Gasteiger partial charge on any atom is 0.277 e. The fraction of sp³-hybridized carbons (Fsp3) is 0.0435. The van der Waals surface area contributed by atoms with Crippen molar-refractivity contribution < 1.29 is 4.42 Å². The Morgan fingerprint density at radius 3 is 2.79 bits per heavy atom. The molecule has 4 heterocycles. The highest BCUT2D eigenvalue weighted by atomic mass is 35.5. The zero-order valence-corrected chi connectivity index (χ0v) is 19.2. The van der Waals surface area contributed by atoms with E-state index in [9.17, 15) is 4.79 Å². The number of halogens is 1. The zero-order chi connectivity index (χ0) is 22.4. The summed E-state index contributed by atoms with van der Waals surface area (Å²) in [5.41, 5.74) is 3.26. The van der Waals surface area contributed by atoms with Crippen molar-refractivity contribution in [1.82, 2.24) is 25.1 Å². The summed E-state index contributed by atoms with van der Waals surface area (Å²) in [5, 5.41) is 12.8. The molecule has 4 aromatic heterocycles. The second-order valence-corrected chi connectivity index (χ2v) is 9.42. The molecule has 162 valence electrons. The van der Waals surface area contributed by atoms with E-state index in [1.807, 2.05) is 60.1 Å². The normalized spacial score (nSPS) is 11.5. The van der Waals surface area contributed by atoms with Gasteiger partial charge in [-0.05, 0) is 12.1 Å². The van der Waals surface area contributed by atoms with Gasteiger partial charge in [-0.25, -0.2) is 4.98 Å². The second kappa shape index (κ2) is 8.18. The fourth-order valence-electron chi connectivity index (χ4n) is 3.70. The number of nitrogens with one attached hydrogen (secondary N) is 2. The van der Waals surface area contributed by atoms with Gasteiger partial charge in [-0.2, -0.15) is 0 Å². The van der Waals surface area contributed by atoms with E-state index in [4.69, 9.17) is 16.0 Å². The highest BCUT2D eigenvalue weighted by Gasteiger charge is 2.17. The Kier molecular flexibility index (Phi) is 5.01. The van der Waals surface area contributed by atoms with Crippen LogP contribution in [0.3, 0.4) is 0 Å². The predicted octanol–water partition coefficient (Wildman–Crippen LogP) is 6.13. The number of H-pyrrole nitrogens is 2. The lowest BCUT2D eigenvalue weighted by molar-refractivity contribution is 0.466. The smallest absolute Gasteiger partial charge is 0.277 e. The molecule has 2 aromatic carbocycles. The second-order valence-electron chi connectivity index (χ2n) is 7.23. The van der Waals surface area contributed by atoms with Crippen LogP contribution in [0.1, 0.15) is 5.82 Å². The number of benzene rings is 2. The summed E-state index contributed by atoms with van der Waals surface area (Å²) in [6, 6.07) is 15.4. The van der Waals surface area contributed by atoms with Crippen molar-refractivity contribution in [3.05, 3.63) is 81.3 Å². The van der Waals surface area contributed by atoms with Gasteiger partial charge in [0.15, 0.2) is 0 Å². The van der Waals surface area contributed by atoms with Gasteiger partial charge in [-0.3, -0.25) is 4.79 Å². The van der Waals surface area contributed by atoms with Gasteiger partial charge in [0, 0.05) is 38.6 Å². The Morgan fingerprint density at radius 2 is 1.88 bits per heavy atom. The first-order valence-electron chi connectivity index (χ1n) is 9.95. The van der Waals surface area contributed by atoms with Gasteiger partial charge >= 0.3 is 0 Å². The van der Waals surface area contributed by atoms with E-state index < -0.39 is 0 Å². The highest BCUT2D eigenvalue weighted by molar-refractivity contribution is 7.98. The third kappa shape index (κ3) is 3.64. The minimum absolute atomic E-state index is 0.197. The fourth-order valence-corrected chi connectivity index (χ4v) is 5.52. The number of fused-ring (bicyclic) bond motifs is 2. The molecule has 2 N–H and O–H groups in total. The van der Waals surface area contributed by atoms with Gasteiger partial charge in [0.1, 0.15) is 10.7 Å². The van der Waals surface area contributed by atoms with Crippen LogP contribution in [0.2, 0.25) is 5.02 Å². The molecule has 0 unspecified atom stereocenters. The number of thiophene rings is 1. The molecule has 0 spiro atoms. The Labute approximate surface area is 199 Å². The Balaban J connectivity index is 1.26. The highest BCUT2D eigenvalue weighted by Crippen LogP contribution is 2.35. The van der Waals surface area contributed by atoms with E-state index >= 15 is 0 Å². The molecule has 0 bridgehead atoms. The van der Waals surface area contributed by atoms with E-state index in [0.29, 0.717) is 37.9 Å². The number of hydrogen-bond acceptors (Lipinski definition) is 7. The first-order chi connectivity index (χ1) is 16.2. The van der Waals surface area contributed by atoms with E-state index in [2.05, 4.69) is 25.1 Å². The number of hydrogen-bond donors (Lipinski definition) is 2. The molecule has 33 heavy (non-hydrogen) atoms. The van der Waals surface area contributed by atoms with Crippen molar-refractivity contribution in [2.24, 2.45) is 0 Å². The molecular weight excluding hydrogens is 478 g/mol. The van der Waals surface area contributed by atoms with Crippen molar-refractivity contribution >= 4 is 55.8 Å². The van der Waals surface area contributed by atoms with Crippen molar-refractivity contribution in [3.63, 3.8) is 0 Å². The Hall–Kier alpha value is -3.40. The maximum absolute atomic E-state index is 12.9. The third-order valence-electron chi connectivity index (χ3n) is 5.22. The zero-order valence-electron chi connectivity index (χ0n) is 16.8. The molecule has 0 atom stereocenters. The monoisotopic (exact) mass is 491 g/mol. The molecule has 0 aliphatic rings. The number of thioether (sulfide) groups is 1. The van der Waals surface area contributed by atoms with Crippen LogP contribution in [0.4, 0.5) is 0 Å². The summed E-state index contributed by atoms with van der Waals surface area (Å²) in [5.74, 6) is 1.37. The molecule has 0 aliphatic heterocycles. The average Bonchev–Trinajstić information content (AvgIpc) is 3.56. The first kappa shape index (κ1) is 20.2. The maximum atomic E-state index is 12.9. The molecule has 7 nitrogen and oxygen atoms in total. The van der Waals surface area contributed by atoms with E-state index in [-0.39, 0.29) is 5.56 Å². The molecule has 10 heteroatoms. The third-order valence-corrected chi connectivity index (χ3v) is 7.25. The lowest BCUT2D eigenvalue weighted by atomic mass is 10.1. The van der Waals surface area contributed by atoms with Gasteiger partial charge in [0.25, 0.3) is 16.7 Å². The van der Waals surface area contributed by atoms with Crippen molar-refractivity contribution in [2.75, 3.05) is 0 Å². The van der Waals surface area contributed by atoms with Crippen molar-refractivity contribution in [3.8, 4) is 22.6 Å². The molecule has 0 amide bonds. The van der Waals surface area contributed by atoms with Crippen LogP contribution in [0.25, 0.3) is 43.7 Å². The standard InChI is InChI=1S/C23H14ClN5O2S2/c24-16-7-3-1-5-12(16)15-10-32-22-19(15)20(30)26-18(27-22)11-33-23-29-28-21(31-23)14-9-25-17-8-4-2-6-13(14)17/h1-10,25H,11H2,(H,26,27,30). The van der Waals surface area contributed by atoms with Crippen molar-refractivity contribution in [1.29, 1.82) is 0 Å². The van der Waals surface area contributed by atoms with Gasteiger partial charge in [0.2, 0.25) is 0 Å². The summed E-state index contributed by atoms with van der Waals surface area (Å²) in [6.45, 7) is 0. The van der Waals surface area contributed by atoms with E-state index in [1.54, 1.807) is 0 Å². The summed E-state index contributed by atoms with van der Waals surface area (Å²) < 4.78 is 5.84. The number of aromatic amines is 2. The van der Waals surface area contributed by atoms with Crippen LogP contribution in [0, 0.1) is 0 Å². The summed E-state index contributed by atoms with van der Waals surface area (Å²) in [4.78, 5) is 24.2. The quantitative estimate of drug-likeness (QED) is 0.281. The van der Waals surface area contributed by atoms with Crippen LogP contribution in [0.15, 0.2) is 74.5 Å². The van der Waals surface area contributed by atoms with Crippen LogP contribution in [-0.2, 0) is 5.75 Å². The number of rotatable bonds is 5. The Morgan fingerprint density at radius 1 is 1.03 bits per heavy atom. The van der Waals surface area contributed by atoms with Crippen LogP contribution >= 0.6 is 34.7 Å².